The van der Waals surface area contributed by atoms with Crippen LogP contribution < -0.4 is 0 Å². The van der Waals surface area contributed by atoms with E-state index in [-0.39, 0.29) is 5.41 Å². The average Bonchev–Trinajstić information content (AvgIpc) is 2.95. The number of rotatable bonds is 9. The molecule has 0 N–H and O–H groups in total. The molecule has 0 heterocycles. The summed E-state index contributed by atoms with van der Waals surface area (Å²) in [5, 5.41) is 0. The Bertz CT molecular complexity index is 642. The van der Waals surface area contributed by atoms with Crippen LogP contribution in [-0.4, -0.2) is 4.83 Å². The number of unbranched alkanes of at least 4 members (excludes halogenated alkanes) is 5. The summed E-state index contributed by atoms with van der Waals surface area (Å²) < 4.78 is 0. The van der Waals surface area contributed by atoms with Crippen LogP contribution >= 0.6 is 15.9 Å². The molecular formula is C24H31Br. The summed E-state index contributed by atoms with van der Waals surface area (Å²) in [7, 11) is 0. The second-order valence-corrected chi connectivity index (χ2v) is 8.56. The fourth-order valence-corrected chi connectivity index (χ4v) is 5.38. The van der Waals surface area contributed by atoms with Crippen LogP contribution in [0.5, 0.6) is 0 Å². The van der Waals surface area contributed by atoms with Crippen molar-refractivity contribution < 1.29 is 0 Å². The van der Waals surface area contributed by atoms with Crippen molar-refractivity contribution in [2.45, 2.75) is 75.5 Å². The summed E-state index contributed by atoms with van der Waals surface area (Å²) in [4.78, 5) is 0.487. The van der Waals surface area contributed by atoms with Gasteiger partial charge in [0.25, 0.3) is 0 Å². The number of halogens is 1. The van der Waals surface area contributed by atoms with Crippen LogP contribution in [0.4, 0.5) is 0 Å². The van der Waals surface area contributed by atoms with Crippen molar-refractivity contribution in [1.82, 2.24) is 0 Å². The number of alkyl halides is 1. The van der Waals surface area contributed by atoms with Crippen molar-refractivity contribution in [2.24, 2.45) is 0 Å². The molecule has 1 atom stereocenters. The third-order valence-electron chi connectivity index (χ3n) is 5.92. The Morgan fingerprint density at radius 3 is 1.84 bits per heavy atom. The van der Waals surface area contributed by atoms with E-state index in [1.54, 1.807) is 0 Å². The van der Waals surface area contributed by atoms with Crippen molar-refractivity contribution in [1.29, 1.82) is 0 Å². The molecule has 0 spiro atoms. The Hall–Kier alpha value is -1.08. The molecule has 0 radical (unpaired) electrons. The molecule has 134 valence electrons. The number of hydrogen-bond acceptors (Lipinski definition) is 0. The SMILES string of the molecule is CCCCCCCCC1(C(Br)CC)c2ccccc2-c2ccccc21. The molecule has 0 aliphatic heterocycles. The highest BCUT2D eigenvalue weighted by Gasteiger charge is 2.46. The van der Waals surface area contributed by atoms with E-state index in [2.05, 4.69) is 78.3 Å². The highest BCUT2D eigenvalue weighted by atomic mass is 79.9. The first-order valence-electron chi connectivity index (χ1n) is 10.1. The monoisotopic (exact) mass is 398 g/mol. The van der Waals surface area contributed by atoms with Crippen LogP contribution in [0, 0.1) is 0 Å². The van der Waals surface area contributed by atoms with Crippen molar-refractivity contribution in [2.75, 3.05) is 0 Å². The summed E-state index contributed by atoms with van der Waals surface area (Å²) >= 11 is 4.09. The maximum Gasteiger partial charge on any atom is 0.0339 e. The number of fused-ring (bicyclic) bond motifs is 3. The number of benzene rings is 2. The zero-order valence-corrected chi connectivity index (χ0v) is 17.3. The molecule has 1 aliphatic carbocycles. The zero-order chi connectivity index (χ0) is 17.7. The van der Waals surface area contributed by atoms with Gasteiger partial charge in [-0.05, 0) is 35.1 Å². The van der Waals surface area contributed by atoms with E-state index in [1.165, 1.54) is 67.2 Å². The maximum absolute atomic E-state index is 4.09. The second-order valence-electron chi connectivity index (χ2n) is 7.46. The molecule has 0 amide bonds. The highest BCUT2D eigenvalue weighted by molar-refractivity contribution is 9.09. The van der Waals surface area contributed by atoms with E-state index >= 15 is 0 Å². The predicted molar refractivity (Wildman–Crippen MR) is 114 cm³/mol. The fourth-order valence-electron chi connectivity index (χ4n) is 4.66. The Kier molecular flexibility index (Phi) is 6.39. The second kappa shape index (κ2) is 8.54. The van der Waals surface area contributed by atoms with Crippen LogP contribution in [-0.2, 0) is 5.41 Å². The molecule has 0 aromatic heterocycles. The molecule has 0 nitrogen and oxygen atoms in total. The lowest BCUT2D eigenvalue weighted by Gasteiger charge is -2.37. The number of hydrogen-bond donors (Lipinski definition) is 0. The summed E-state index contributed by atoms with van der Waals surface area (Å²) in [5.41, 5.74) is 6.10. The molecule has 1 aliphatic rings. The molecule has 2 aromatic rings. The lowest BCUT2D eigenvalue weighted by molar-refractivity contribution is 0.429. The third-order valence-corrected chi connectivity index (χ3v) is 7.35. The first kappa shape index (κ1) is 18.7. The maximum atomic E-state index is 4.09. The molecular weight excluding hydrogens is 368 g/mol. The van der Waals surface area contributed by atoms with Gasteiger partial charge in [0.05, 0.1) is 0 Å². The molecule has 25 heavy (non-hydrogen) atoms. The quantitative estimate of drug-likeness (QED) is 0.297. The minimum absolute atomic E-state index is 0.132. The Morgan fingerprint density at radius 2 is 1.28 bits per heavy atom. The van der Waals surface area contributed by atoms with Crippen LogP contribution in [0.25, 0.3) is 11.1 Å². The minimum Gasteiger partial charge on any atom is -0.0877 e. The Labute approximate surface area is 162 Å². The van der Waals surface area contributed by atoms with E-state index in [1.807, 2.05) is 0 Å². The smallest absolute Gasteiger partial charge is 0.0339 e. The predicted octanol–water partition coefficient (Wildman–Crippen LogP) is 7.88. The molecule has 0 saturated carbocycles. The molecule has 1 unspecified atom stereocenters. The third kappa shape index (κ3) is 3.45. The largest absolute Gasteiger partial charge is 0.0877 e. The summed E-state index contributed by atoms with van der Waals surface area (Å²) in [5.74, 6) is 0. The van der Waals surface area contributed by atoms with Gasteiger partial charge in [-0.15, -0.1) is 0 Å². The van der Waals surface area contributed by atoms with Crippen molar-refractivity contribution in [3.8, 4) is 11.1 Å². The zero-order valence-electron chi connectivity index (χ0n) is 15.7. The van der Waals surface area contributed by atoms with Crippen LogP contribution in [0.2, 0.25) is 0 Å². The Balaban J connectivity index is 1.92. The van der Waals surface area contributed by atoms with E-state index in [0.29, 0.717) is 4.83 Å². The summed E-state index contributed by atoms with van der Waals surface area (Å²) in [6.07, 6.45) is 10.5. The van der Waals surface area contributed by atoms with E-state index in [0.717, 1.165) is 6.42 Å². The van der Waals surface area contributed by atoms with E-state index < -0.39 is 0 Å². The molecule has 1 heteroatoms. The van der Waals surface area contributed by atoms with Gasteiger partial charge in [0, 0.05) is 10.2 Å². The fraction of sp³-hybridized carbons (Fsp3) is 0.500. The van der Waals surface area contributed by atoms with Crippen molar-refractivity contribution in [3.05, 3.63) is 59.7 Å². The van der Waals surface area contributed by atoms with Gasteiger partial charge in [0.2, 0.25) is 0 Å². The minimum atomic E-state index is 0.132. The average molecular weight is 399 g/mol. The Morgan fingerprint density at radius 1 is 0.760 bits per heavy atom. The van der Waals surface area contributed by atoms with Gasteiger partial charge in [0.1, 0.15) is 0 Å². The van der Waals surface area contributed by atoms with Gasteiger partial charge < -0.3 is 0 Å². The lowest BCUT2D eigenvalue weighted by Crippen LogP contribution is -2.35. The lowest BCUT2D eigenvalue weighted by atomic mass is 9.71. The van der Waals surface area contributed by atoms with Gasteiger partial charge in [-0.3, -0.25) is 0 Å². The first-order valence-corrected chi connectivity index (χ1v) is 11.0. The molecule has 2 aromatic carbocycles. The standard InChI is InChI=1S/C24H31Br/c1-3-5-6-7-8-13-18-24(23(25)4-2)21-16-11-9-14-19(21)20-15-10-12-17-22(20)24/h9-12,14-17,23H,3-8,13,18H2,1-2H3. The molecule has 3 rings (SSSR count). The summed E-state index contributed by atoms with van der Waals surface area (Å²) in [6.45, 7) is 4.60. The molecule has 0 bridgehead atoms. The highest BCUT2D eigenvalue weighted by Crippen LogP contribution is 2.55. The summed E-state index contributed by atoms with van der Waals surface area (Å²) in [6, 6.07) is 18.2. The molecule has 0 saturated heterocycles. The van der Waals surface area contributed by atoms with Crippen molar-refractivity contribution in [3.63, 3.8) is 0 Å². The van der Waals surface area contributed by atoms with E-state index in [9.17, 15) is 0 Å². The first-order chi connectivity index (χ1) is 12.3. The molecule has 0 fully saturated rings. The van der Waals surface area contributed by atoms with Crippen LogP contribution in [0.1, 0.15) is 76.3 Å². The van der Waals surface area contributed by atoms with E-state index in [4.69, 9.17) is 0 Å². The normalized spacial score (nSPS) is 15.6. The van der Waals surface area contributed by atoms with Gasteiger partial charge in [-0.25, -0.2) is 0 Å². The van der Waals surface area contributed by atoms with Crippen LogP contribution in [0.15, 0.2) is 48.5 Å². The van der Waals surface area contributed by atoms with Gasteiger partial charge in [-0.2, -0.15) is 0 Å². The van der Waals surface area contributed by atoms with Crippen LogP contribution in [0.3, 0.4) is 0 Å². The van der Waals surface area contributed by atoms with Gasteiger partial charge >= 0.3 is 0 Å². The topological polar surface area (TPSA) is 0 Å². The van der Waals surface area contributed by atoms with Crippen molar-refractivity contribution >= 4 is 15.9 Å². The van der Waals surface area contributed by atoms with Gasteiger partial charge in [-0.1, -0.05) is 117 Å². The van der Waals surface area contributed by atoms with Gasteiger partial charge in [0.15, 0.2) is 0 Å².